The van der Waals surface area contributed by atoms with E-state index in [2.05, 4.69) is 30.8 Å². The molecule has 0 bridgehead atoms. The largest absolute Gasteiger partial charge is 0.495 e. The van der Waals surface area contributed by atoms with Crippen molar-refractivity contribution >= 4 is 58.0 Å². The topological polar surface area (TPSA) is 115 Å². The van der Waals surface area contributed by atoms with Gasteiger partial charge in [0.05, 0.1) is 35.6 Å². The van der Waals surface area contributed by atoms with Gasteiger partial charge < -0.3 is 31.0 Å². The van der Waals surface area contributed by atoms with Crippen LogP contribution in [0.25, 0.3) is 5.70 Å². The number of allylic oxidation sites excluding steroid dienone is 5. The maximum Gasteiger partial charge on any atom is 0.249 e. The van der Waals surface area contributed by atoms with Gasteiger partial charge in [-0.1, -0.05) is 29.8 Å². The number of carbonyl (C=O) groups excluding carboxylic acids is 1. The number of aromatic nitrogens is 2. The fraction of sp³-hybridized carbons (Fsp3) is 0.231. The molecular formula is C26H30ClN7O2S. The predicted molar refractivity (Wildman–Crippen MR) is 153 cm³/mol. The van der Waals surface area contributed by atoms with Crippen molar-refractivity contribution in [3.63, 3.8) is 0 Å². The van der Waals surface area contributed by atoms with E-state index in [0.29, 0.717) is 40.2 Å². The lowest BCUT2D eigenvalue weighted by molar-refractivity contribution is -0.111. The summed E-state index contributed by atoms with van der Waals surface area (Å²) in [6.45, 7) is 0.869. The van der Waals surface area contributed by atoms with E-state index in [1.54, 1.807) is 50.3 Å². The lowest BCUT2D eigenvalue weighted by atomic mass is 10.0. The van der Waals surface area contributed by atoms with E-state index in [9.17, 15) is 4.79 Å². The van der Waals surface area contributed by atoms with Crippen molar-refractivity contribution in [3.8, 4) is 5.75 Å². The van der Waals surface area contributed by atoms with E-state index < -0.39 is 0 Å². The van der Waals surface area contributed by atoms with Gasteiger partial charge in [0.25, 0.3) is 0 Å². The van der Waals surface area contributed by atoms with Crippen LogP contribution in [-0.4, -0.2) is 67.0 Å². The van der Waals surface area contributed by atoms with Gasteiger partial charge in [0.1, 0.15) is 5.75 Å². The first-order chi connectivity index (χ1) is 17.9. The van der Waals surface area contributed by atoms with Gasteiger partial charge in [-0.15, -0.1) is 11.8 Å². The summed E-state index contributed by atoms with van der Waals surface area (Å²) >= 11 is 7.20. The highest BCUT2D eigenvalue weighted by molar-refractivity contribution is 7.99. The summed E-state index contributed by atoms with van der Waals surface area (Å²) in [7, 11) is 7.39. The second kappa shape index (κ2) is 13.6. The first kappa shape index (κ1) is 28.0. The zero-order valence-electron chi connectivity index (χ0n) is 21.1. The summed E-state index contributed by atoms with van der Waals surface area (Å²) in [4.78, 5) is 24.2. The normalized spacial score (nSPS) is 14.3. The molecule has 2 aromatic rings. The molecule has 0 radical (unpaired) electrons. The van der Waals surface area contributed by atoms with Crippen LogP contribution in [0, 0.1) is 5.41 Å². The highest BCUT2D eigenvalue weighted by Crippen LogP contribution is 2.38. The molecule has 0 saturated carbocycles. The smallest absolute Gasteiger partial charge is 0.249 e. The second-order valence-electron chi connectivity index (χ2n) is 8.04. The Labute approximate surface area is 226 Å². The van der Waals surface area contributed by atoms with Gasteiger partial charge >= 0.3 is 0 Å². The molecular weight excluding hydrogens is 510 g/mol. The minimum atomic E-state index is -0.346. The maximum atomic E-state index is 12.3. The van der Waals surface area contributed by atoms with Crippen LogP contribution in [0.1, 0.15) is 5.69 Å². The highest BCUT2D eigenvalue weighted by Gasteiger charge is 2.16. The monoisotopic (exact) mass is 539 g/mol. The molecule has 1 amide bonds. The molecule has 0 fully saturated rings. The molecule has 4 N–H and O–H groups in total. The quantitative estimate of drug-likeness (QED) is 0.241. The summed E-state index contributed by atoms with van der Waals surface area (Å²) in [5.41, 5.74) is 4.79. The Bertz CT molecular complexity index is 1270. The molecule has 1 aromatic heterocycles. The Morgan fingerprint density at radius 1 is 1.24 bits per heavy atom. The zero-order chi connectivity index (χ0) is 26.8. The van der Waals surface area contributed by atoms with E-state index in [4.69, 9.17) is 21.7 Å². The van der Waals surface area contributed by atoms with Crippen LogP contribution in [0.3, 0.4) is 0 Å². The maximum absolute atomic E-state index is 12.3. The summed E-state index contributed by atoms with van der Waals surface area (Å²) < 4.78 is 5.65. The van der Waals surface area contributed by atoms with Crippen molar-refractivity contribution in [1.82, 2.24) is 20.2 Å². The van der Waals surface area contributed by atoms with Crippen molar-refractivity contribution in [2.24, 2.45) is 0 Å². The van der Waals surface area contributed by atoms with Gasteiger partial charge in [-0.25, -0.2) is 9.97 Å². The average Bonchev–Trinajstić information content (AvgIpc) is 2.87. The van der Waals surface area contributed by atoms with E-state index in [-0.39, 0.29) is 5.91 Å². The van der Waals surface area contributed by atoms with Crippen LogP contribution in [0.2, 0.25) is 0 Å². The summed E-state index contributed by atoms with van der Waals surface area (Å²) in [5, 5.41) is 17.5. The molecule has 3 rings (SSSR count). The van der Waals surface area contributed by atoms with Crippen LogP contribution >= 0.6 is 23.4 Å². The number of nitrogens with zero attached hydrogens (tertiary/aromatic N) is 3. The summed E-state index contributed by atoms with van der Waals surface area (Å²) in [6.07, 6.45) is 10.2. The third kappa shape index (κ3) is 7.69. The van der Waals surface area contributed by atoms with Gasteiger partial charge in [0.2, 0.25) is 11.9 Å². The fourth-order valence-corrected chi connectivity index (χ4v) is 4.64. The lowest BCUT2D eigenvalue weighted by Gasteiger charge is -2.18. The minimum absolute atomic E-state index is 0.331. The number of methoxy groups -OCH3 is 1. The summed E-state index contributed by atoms with van der Waals surface area (Å²) in [5.74, 6) is 1.38. The van der Waals surface area contributed by atoms with E-state index in [1.165, 1.54) is 11.6 Å². The molecule has 0 saturated heterocycles. The number of hydrogen-bond acceptors (Lipinski definition) is 9. The van der Waals surface area contributed by atoms with Gasteiger partial charge in [0.15, 0.2) is 0 Å². The average molecular weight is 540 g/mol. The third-order valence-electron chi connectivity index (χ3n) is 5.17. The summed E-state index contributed by atoms with van der Waals surface area (Å²) in [6, 6.07) is 5.43. The van der Waals surface area contributed by atoms with Crippen molar-refractivity contribution < 1.29 is 9.53 Å². The number of rotatable bonds is 11. The SMILES string of the molecule is CN/C(=C1/C=CC=CC1=N)c1ccnc(Nc2cc(NC(=O)/C=C/Cl)c(SCCN(C)C)cc2OC)n1. The van der Waals surface area contributed by atoms with Crippen LogP contribution < -0.4 is 20.7 Å². The molecule has 1 aromatic carbocycles. The molecule has 0 unspecified atom stereocenters. The number of hydrogen-bond donors (Lipinski definition) is 4. The molecule has 11 heteroatoms. The standard InChI is InChI=1S/C26H30ClN7O2S/c1-29-25(17-7-5-6-8-18(17)28)19-10-12-30-26(32-19)33-20-15-21(31-24(35)9-11-27)23(16-22(20)36-4)37-14-13-34(2)3/h5-12,15-16,28-29H,13-14H2,1-4H3,(H,31,35)(H,30,32,33)/b11-9+,25-17-,28-18?. The molecule has 0 aliphatic heterocycles. The fourth-order valence-electron chi connectivity index (χ4n) is 3.40. The van der Waals surface area contributed by atoms with Crippen molar-refractivity contribution in [3.05, 3.63) is 71.6 Å². The van der Waals surface area contributed by atoms with Crippen molar-refractivity contribution in [2.75, 3.05) is 51.2 Å². The molecule has 1 aliphatic carbocycles. The predicted octanol–water partition coefficient (Wildman–Crippen LogP) is 4.65. The Hall–Kier alpha value is -3.60. The van der Waals surface area contributed by atoms with Crippen LogP contribution in [0.4, 0.5) is 17.3 Å². The second-order valence-corrected chi connectivity index (χ2v) is 9.43. The van der Waals surface area contributed by atoms with Crippen molar-refractivity contribution in [1.29, 1.82) is 5.41 Å². The Morgan fingerprint density at radius 3 is 2.70 bits per heavy atom. The first-order valence-electron chi connectivity index (χ1n) is 11.4. The number of thioether (sulfide) groups is 1. The highest BCUT2D eigenvalue weighted by atomic mass is 35.5. The number of benzene rings is 1. The lowest BCUT2D eigenvalue weighted by Crippen LogP contribution is -2.15. The van der Waals surface area contributed by atoms with Crippen LogP contribution in [0.15, 0.2) is 70.8 Å². The zero-order valence-corrected chi connectivity index (χ0v) is 22.7. The molecule has 9 nitrogen and oxygen atoms in total. The van der Waals surface area contributed by atoms with Crippen molar-refractivity contribution in [2.45, 2.75) is 4.90 Å². The molecule has 1 heterocycles. The number of anilines is 3. The number of carbonyl (C=O) groups is 1. The Balaban J connectivity index is 1.97. The van der Waals surface area contributed by atoms with E-state index in [0.717, 1.165) is 22.8 Å². The number of amides is 1. The minimum Gasteiger partial charge on any atom is -0.495 e. The number of nitrogens with one attached hydrogen (secondary N) is 4. The van der Waals surface area contributed by atoms with E-state index >= 15 is 0 Å². The Kier molecular flexibility index (Phi) is 10.3. The van der Waals surface area contributed by atoms with Gasteiger partial charge in [-0.05, 0) is 38.4 Å². The number of halogens is 1. The van der Waals surface area contributed by atoms with Gasteiger partial charge in [-0.2, -0.15) is 0 Å². The van der Waals surface area contributed by atoms with Gasteiger partial charge in [-0.3, -0.25) is 4.79 Å². The van der Waals surface area contributed by atoms with Crippen LogP contribution in [-0.2, 0) is 4.79 Å². The molecule has 37 heavy (non-hydrogen) atoms. The molecule has 0 atom stereocenters. The van der Waals surface area contributed by atoms with E-state index in [1.807, 2.05) is 38.4 Å². The molecule has 1 aliphatic rings. The third-order valence-corrected chi connectivity index (χ3v) is 6.34. The molecule has 194 valence electrons. The first-order valence-corrected chi connectivity index (χ1v) is 12.8. The van der Waals surface area contributed by atoms with Gasteiger partial charge in [0, 0.05) is 47.6 Å². The Morgan fingerprint density at radius 2 is 2.03 bits per heavy atom. The van der Waals surface area contributed by atoms with Crippen LogP contribution in [0.5, 0.6) is 5.75 Å². The molecule has 0 spiro atoms. The number of ether oxygens (including phenoxy) is 1.